The third-order valence-electron chi connectivity index (χ3n) is 12.3. The fraction of sp³-hybridized carbons (Fsp3) is 0.273. The van der Waals surface area contributed by atoms with Gasteiger partial charge in [-0.15, -0.1) is 0 Å². The Morgan fingerprint density at radius 1 is 0.576 bits per heavy atom. The summed E-state index contributed by atoms with van der Waals surface area (Å²) in [5, 5.41) is 8.41. The SMILES string of the molecule is COc1c(-c2ccc3cc(NS(C)(=O)=O)ccc3c2)cc(-n2ccc(=O)[nH]c2=O)cc1C(C)(C)C.COc1c(-c2ccc3cc(OS(=O)(=O)C(F)(C(F)(F)F)C(F)(F)F)ccc3c2)cc(-n2ccc(=O)[nH]c2=O)cc1C(C)(C)C.CS(N)(=O)=O.O=[P+]([O-])O[O-].[K+].[K][K]. The molecule has 23 nitrogen and oxygen atoms in total. The number of rotatable bonds is 12. The first-order chi connectivity index (χ1) is 41.7. The molecule has 8 aromatic rings. The van der Waals surface area contributed by atoms with Crippen LogP contribution < -0.4 is 108 Å². The van der Waals surface area contributed by atoms with Gasteiger partial charge in [-0.2, -0.15) is 34.8 Å². The van der Waals surface area contributed by atoms with Crippen molar-refractivity contribution in [2.75, 3.05) is 31.5 Å². The normalized spacial score (nSPS) is 12.2. The summed E-state index contributed by atoms with van der Waals surface area (Å²) >= 11 is 2.50. The van der Waals surface area contributed by atoms with E-state index < -0.39 is 89.4 Å². The summed E-state index contributed by atoms with van der Waals surface area (Å²) in [4.78, 5) is 61.6. The van der Waals surface area contributed by atoms with Crippen LogP contribution in [0.4, 0.5) is 36.4 Å². The minimum atomic E-state index is -6.96. The van der Waals surface area contributed by atoms with Crippen LogP contribution in [0.1, 0.15) is 52.7 Å². The Morgan fingerprint density at radius 2 is 0.924 bits per heavy atom. The van der Waals surface area contributed by atoms with Gasteiger partial charge >= 0.3 is 162 Å². The van der Waals surface area contributed by atoms with Gasteiger partial charge in [0.1, 0.15) is 17.2 Å². The van der Waals surface area contributed by atoms with Gasteiger partial charge in [0.2, 0.25) is 20.0 Å². The molecule has 37 heteroatoms. The fourth-order valence-electron chi connectivity index (χ4n) is 8.49. The summed E-state index contributed by atoms with van der Waals surface area (Å²) in [6, 6.07) is 27.9. The number of halogens is 7. The molecular weight excluding hydrogens is 1390 g/mol. The molecule has 5 N–H and O–H groups in total. The Balaban J connectivity index is 0.000000411. The number of H-pyrrole nitrogens is 2. The summed E-state index contributed by atoms with van der Waals surface area (Å²) in [5.41, 5.74) is 2.50. The number of hydrogen-bond donors (Lipinski definition) is 4. The van der Waals surface area contributed by atoms with E-state index >= 15 is 0 Å². The van der Waals surface area contributed by atoms with Crippen molar-refractivity contribution in [1.29, 1.82) is 0 Å². The number of alkyl halides is 7. The quantitative estimate of drug-likeness (QED) is 0.0339. The van der Waals surface area contributed by atoms with Gasteiger partial charge in [-0.25, -0.2) is 40.6 Å². The van der Waals surface area contributed by atoms with E-state index in [0.29, 0.717) is 50.6 Å². The Labute approximate surface area is 610 Å². The van der Waals surface area contributed by atoms with Gasteiger partial charge in [-0.05, 0) is 109 Å². The number of aromatic nitrogens is 4. The van der Waals surface area contributed by atoms with Crippen molar-refractivity contribution in [3.05, 3.63) is 174 Å². The van der Waals surface area contributed by atoms with Gasteiger partial charge in [-0.1, -0.05) is 77.9 Å². The third-order valence-corrected chi connectivity index (χ3v) is 14.6. The molecule has 0 saturated carbocycles. The molecule has 0 bridgehead atoms. The van der Waals surface area contributed by atoms with Gasteiger partial charge < -0.3 is 23.8 Å². The first-order valence-electron chi connectivity index (χ1n) is 26.1. The van der Waals surface area contributed by atoms with Gasteiger partial charge in [0, 0.05) is 52.5 Å². The Kier molecular flexibility index (Phi) is 29.9. The average molecular weight is 1450 g/mol. The number of fused-ring (bicyclic) bond motifs is 2. The fourth-order valence-corrected chi connectivity index (χ4v) is 10.1. The molecule has 0 saturated heterocycles. The average Bonchev–Trinajstić information content (AvgIpc) is 0.745. The molecule has 0 aliphatic heterocycles. The monoisotopic (exact) mass is 1450 g/mol. The maximum atomic E-state index is 14.2. The van der Waals surface area contributed by atoms with Crippen molar-refractivity contribution in [2.24, 2.45) is 5.14 Å². The molecule has 1 atom stereocenters. The van der Waals surface area contributed by atoms with E-state index in [-0.39, 0.29) is 62.2 Å². The molecule has 6 aromatic carbocycles. The molecule has 0 fully saturated rings. The number of sulfonamides is 2. The van der Waals surface area contributed by atoms with Crippen LogP contribution in [-0.4, -0.2) is 152 Å². The Bertz CT molecular complexity index is 4600. The van der Waals surface area contributed by atoms with Gasteiger partial charge in [0.05, 0.1) is 38.1 Å². The first-order valence-corrected chi connectivity index (χ1v) is 48.4. The molecule has 0 spiro atoms. The van der Waals surface area contributed by atoms with E-state index in [1.165, 1.54) is 110 Å². The van der Waals surface area contributed by atoms with Gasteiger partial charge in [-0.3, -0.25) is 33.4 Å². The summed E-state index contributed by atoms with van der Waals surface area (Å²) in [6.07, 6.45) is -8.97. The molecule has 2 aromatic heterocycles. The summed E-state index contributed by atoms with van der Waals surface area (Å²) in [7, 11) is -13.6. The second kappa shape index (κ2) is 33.2. The van der Waals surface area contributed by atoms with Crippen molar-refractivity contribution in [2.45, 2.75) is 69.7 Å². The van der Waals surface area contributed by atoms with Crippen molar-refractivity contribution in [3.63, 3.8) is 0 Å². The van der Waals surface area contributed by atoms with Crippen LogP contribution in [0.2, 0.25) is 0 Å². The molecule has 8 rings (SSSR count). The van der Waals surface area contributed by atoms with Crippen LogP contribution in [0.25, 0.3) is 55.2 Å². The number of primary sulfonamides is 1. The standard InChI is InChI=1S/C28H23F7N2O6S.C26H27N3O5S.CH5NO2S.3K.HO4P/c1-25(2,3)21-14-18(37-10-9-22(38)36-24(37)39)13-20(23(21)42-4)17-6-5-16-12-19(8-7-15(16)11-17)43-44(40,41)26(29,27(30,31)32)28(33,34)35;1-26(2,3)22-15-20(29-11-10-23(30)27-25(29)31)14-21(24(22)34-4)18-7-6-17-13-19(28-35(5,32)33)9-8-16(17)12-18;1-5(2,3)4;;;;1-4-5(2)3/h5-14H,1-4H3,(H,36,38,39);6-15,28H,1-5H3,(H,27,30,31);1H3,(H2,2,3,4);;;;1H/q;;;;;+1;/p-1. The van der Waals surface area contributed by atoms with E-state index in [2.05, 4.69) is 49.5 Å². The van der Waals surface area contributed by atoms with E-state index in [1.54, 1.807) is 37.4 Å². The molecule has 482 valence electrons. The molecule has 0 radical (unpaired) electrons. The van der Waals surface area contributed by atoms with Crippen molar-refractivity contribution >= 4 is 129 Å². The van der Waals surface area contributed by atoms with Crippen molar-refractivity contribution in [1.82, 2.24) is 19.1 Å². The van der Waals surface area contributed by atoms with Crippen LogP contribution in [-0.2, 0) is 50.2 Å². The number of nitrogens with two attached hydrogens (primary N) is 1. The number of methoxy groups -OCH3 is 2. The second-order valence-electron chi connectivity index (χ2n) is 21.2. The predicted molar refractivity (Wildman–Crippen MR) is 325 cm³/mol. The Hall–Kier alpha value is -3.39. The van der Waals surface area contributed by atoms with Crippen LogP contribution in [0.5, 0.6) is 17.2 Å². The number of nitrogens with zero attached hydrogens (tertiary/aromatic N) is 2. The molecule has 1 unspecified atom stereocenters. The molecule has 0 aliphatic carbocycles. The molecule has 2 heterocycles. The predicted octanol–water partition coefficient (Wildman–Crippen LogP) is 3.62. The summed E-state index contributed by atoms with van der Waals surface area (Å²) in [6.45, 7) is 11.9. The van der Waals surface area contributed by atoms with E-state index in [4.69, 9.17) is 24.2 Å². The number of nitrogens with one attached hydrogen (secondary N) is 3. The maximum absolute atomic E-state index is 14.2. The van der Waals surface area contributed by atoms with Crippen LogP contribution in [0.3, 0.4) is 0 Å². The third kappa shape index (κ3) is 22.1. The van der Waals surface area contributed by atoms with Crippen LogP contribution in [0, 0.1) is 0 Å². The summed E-state index contributed by atoms with van der Waals surface area (Å²) in [5.74, 6) is 0.115. The topological polar surface area (TPSA) is 350 Å². The molecule has 0 aliphatic rings. The van der Waals surface area contributed by atoms with E-state index in [0.717, 1.165) is 64.2 Å². The number of benzene rings is 6. The Morgan fingerprint density at radius 3 is 1.25 bits per heavy atom. The number of anilines is 1. The number of aromatic amines is 2. The van der Waals surface area contributed by atoms with Crippen LogP contribution >= 0.6 is 8.25 Å². The van der Waals surface area contributed by atoms with E-state index in [9.17, 15) is 75.2 Å². The number of ether oxygens (including phenoxy) is 2. The first kappa shape index (κ1) is 82.8. The molecule has 92 heavy (non-hydrogen) atoms. The second-order valence-corrected chi connectivity index (χ2v) is 26.9. The zero-order chi connectivity index (χ0) is 69.4. The van der Waals surface area contributed by atoms with E-state index in [1.807, 2.05) is 57.2 Å². The van der Waals surface area contributed by atoms with Crippen molar-refractivity contribution in [3.8, 4) is 50.9 Å². The van der Waals surface area contributed by atoms with Gasteiger partial charge in [0.25, 0.3) is 11.1 Å². The minimum absolute atomic E-state index is 0. The molecule has 0 amide bonds. The van der Waals surface area contributed by atoms with Crippen molar-refractivity contribution < 1.29 is 140 Å². The zero-order valence-electron chi connectivity index (χ0n) is 51.3. The van der Waals surface area contributed by atoms with Crippen LogP contribution in [0.15, 0.2) is 141 Å². The number of hydrogen-bond acceptors (Lipinski definition) is 17. The summed E-state index contributed by atoms with van der Waals surface area (Å²) < 4.78 is 190. The van der Waals surface area contributed by atoms with Gasteiger partial charge in [0.15, 0.2) is 0 Å². The molecular formula is C55H55F7K3N6O17PS3. The zero-order valence-corrected chi connectivity index (χ0v) is 64.0.